The number of ether oxygens (including phenoxy) is 2. The third-order valence-electron chi connectivity index (χ3n) is 2.96. The SMILES string of the molecule is C=CCCOC(C)(C)CCOC(C)(C)CCC=C. The van der Waals surface area contributed by atoms with Crippen LogP contribution in [0.5, 0.6) is 0 Å². The zero-order chi connectivity index (χ0) is 14.1. The van der Waals surface area contributed by atoms with Crippen LogP contribution in [0.15, 0.2) is 25.3 Å². The van der Waals surface area contributed by atoms with Crippen molar-refractivity contribution in [2.45, 2.75) is 64.6 Å². The van der Waals surface area contributed by atoms with E-state index in [0.29, 0.717) is 0 Å². The lowest BCUT2D eigenvalue weighted by Crippen LogP contribution is -2.31. The van der Waals surface area contributed by atoms with E-state index in [1.54, 1.807) is 0 Å². The van der Waals surface area contributed by atoms with Crippen molar-refractivity contribution in [1.82, 2.24) is 0 Å². The quantitative estimate of drug-likeness (QED) is 0.399. The average Bonchev–Trinajstić information content (AvgIpc) is 2.26. The van der Waals surface area contributed by atoms with Gasteiger partial charge in [-0.3, -0.25) is 0 Å². The predicted octanol–water partition coefficient (Wildman–Crippen LogP) is 4.51. The first-order valence-corrected chi connectivity index (χ1v) is 6.83. The fourth-order valence-corrected chi connectivity index (χ4v) is 1.59. The lowest BCUT2D eigenvalue weighted by atomic mass is 10.0. The van der Waals surface area contributed by atoms with Crippen LogP contribution in [0.1, 0.15) is 53.4 Å². The van der Waals surface area contributed by atoms with Crippen LogP contribution in [0.2, 0.25) is 0 Å². The minimum absolute atomic E-state index is 0.0780. The van der Waals surface area contributed by atoms with Gasteiger partial charge in [-0.2, -0.15) is 0 Å². The molecule has 0 aromatic heterocycles. The predicted molar refractivity (Wildman–Crippen MR) is 78.9 cm³/mol. The summed E-state index contributed by atoms with van der Waals surface area (Å²) in [6.07, 6.45) is 7.62. The molecule has 0 saturated carbocycles. The average molecular weight is 254 g/mol. The van der Waals surface area contributed by atoms with Gasteiger partial charge in [0, 0.05) is 0 Å². The Morgan fingerprint density at radius 3 is 1.83 bits per heavy atom. The first kappa shape index (κ1) is 17.4. The molecule has 0 amide bonds. The third-order valence-corrected chi connectivity index (χ3v) is 2.96. The van der Waals surface area contributed by atoms with Crippen LogP contribution in [0.25, 0.3) is 0 Å². The summed E-state index contributed by atoms with van der Waals surface area (Å²) in [7, 11) is 0. The van der Waals surface area contributed by atoms with Gasteiger partial charge in [0.25, 0.3) is 0 Å². The van der Waals surface area contributed by atoms with Crippen LogP contribution < -0.4 is 0 Å². The van der Waals surface area contributed by atoms with E-state index in [4.69, 9.17) is 9.47 Å². The lowest BCUT2D eigenvalue weighted by molar-refractivity contribution is -0.0730. The zero-order valence-electron chi connectivity index (χ0n) is 12.6. The Balaban J connectivity index is 3.86. The molecule has 106 valence electrons. The second-order valence-electron chi connectivity index (χ2n) is 5.87. The summed E-state index contributed by atoms with van der Waals surface area (Å²) in [4.78, 5) is 0. The van der Waals surface area contributed by atoms with Crippen LogP contribution >= 0.6 is 0 Å². The van der Waals surface area contributed by atoms with E-state index in [-0.39, 0.29) is 11.2 Å². The molecule has 0 aliphatic heterocycles. The van der Waals surface area contributed by atoms with Gasteiger partial charge < -0.3 is 9.47 Å². The molecule has 0 fully saturated rings. The lowest BCUT2D eigenvalue weighted by Gasteiger charge is -2.29. The van der Waals surface area contributed by atoms with Crippen LogP contribution in [0.4, 0.5) is 0 Å². The number of hydrogen-bond donors (Lipinski definition) is 0. The second-order valence-corrected chi connectivity index (χ2v) is 5.87. The molecule has 0 unspecified atom stereocenters. The molecule has 0 rings (SSSR count). The first-order valence-electron chi connectivity index (χ1n) is 6.83. The van der Waals surface area contributed by atoms with Crippen LogP contribution in [0, 0.1) is 0 Å². The Morgan fingerprint density at radius 1 is 0.778 bits per heavy atom. The highest BCUT2D eigenvalue weighted by Crippen LogP contribution is 2.20. The molecular formula is C16H30O2. The summed E-state index contributed by atoms with van der Waals surface area (Å²) in [5.74, 6) is 0. The van der Waals surface area contributed by atoms with Crippen LogP contribution in [0.3, 0.4) is 0 Å². The Labute approximate surface area is 113 Å². The molecule has 0 aromatic rings. The third kappa shape index (κ3) is 9.43. The first-order chi connectivity index (χ1) is 8.33. The molecule has 0 heterocycles. The molecule has 0 aliphatic rings. The van der Waals surface area contributed by atoms with Gasteiger partial charge in [-0.05, 0) is 53.4 Å². The molecule has 18 heavy (non-hydrogen) atoms. The van der Waals surface area contributed by atoms with Gasteiger partial charge in [0.05, 0.1) is 24.4 Å². The van der Waals surface area contributed by atoms with Crippen molar-refractivity contribution in [2.24, 2.45) is 0 Å². The largest absolute Gasteiger partial charge is 0.375 e. The maximum Gasteiger partial charge on any atom is 0.0648 e. The highest BCUT2D eigenvalue weighted by atomic mass is 16.5. The van der Waals surface area contributed by atoms with E-state index in [1.165, 1.54) is 0 Å². The van der Waals surface area contributed by atoms with Gasteiger partial charge in [0.2, 0.25) is 0 Å². The van der Waals surface area contributed by atoms with E-state index in [0.717, 1.165) is 38.9 Å². The molecule has 0 aliphatic carbocycles. The summed E-state index contributed by atoms with van der Waals surface area (Å²) < 4.78 is 11.7. The summed E-state index contributed by atoms with van der Waals surface area (Å²) >= 11 is 0. The standard InChI is InChI=1S/C16H30O2/c1-7-9-11-15(3,4)18-14-12-16(5,6)17-13-10-8-2/h7-8H,1-2,9-14H2,3-6H3. The zero-order valence-corrected chi connectivity index (χ0v) is 12.6. The fourth-order valence-electron chi connectivity index (χ4n) is 1.59. The van der Waals surface area contributed by atoms with Gasteiger partial charge in [0.15, 0.2) is 0 Å². The smallest absolute Gasteiger partial charge is 0.0648 e. The molecule has 2 heteroatoms. The van der Waals surface area contributed by atoms with Crippen LogP contribution in [-0.2, 0) is 9.47 Å². The van der Waals surface area contributed by atoms with E-state index < -0.39 is 0 Å². The fraction of sp³-hybridized carbons (Fsp3) is 0.750. The number of rotatable bonds is 11. The van der Waals surface area contributed by atoms with Gasteiger partial charge in [-0.25, -0.2) is 0 Å². The normalized spacial score (nSPS) is 12.4. The van der Waals surface area contributed by atoms with E-state index in [1.807, 2.05) is 12.2 Å². The maximum atomic E-state index is 5.93. The maximum absolute atomic E-state index is 5.93. The van der Waals surface area contributed by atoms with E-state index in [2.05, 4.69) is 40.9 Å². The highest BCUT2D eigenvalue weighted by molar-refractivity contribution is 4.77. The minimum atomic E-state index is -0.127. The van der Waals surface area contributed by atoms with Gasteiger partial charge >= 0.3 is 0 Å². The Kier molecular flexibility index (Phi) is 8.21. The molecule has 2 nitrogen and oxygen atoms in total. The molecule has 0 saturated heterocycles. The van der Waals surface area contributed by atoms with Gasteiger partial charge in [-0.15, -0.1) is 13.2 Å². The summed E-state index contributed by atoms with van der Waals surface area (Å²) in [6.45, 7) is 17.4. The molecule has 0 bridgehead atoms. The molecule has 0 atom stereocenters. The Bertz CT molecular complexity index is 241. The molecule has 0 radical (unpaired) electrons. The van der Waals surface area contributed by atoms with E-state index in [9.17, 15) is 0 Å². The molecule has 0 N–H and O–H groups in total. The van der Waals surface area contributed by atoms with Crippen molar-refractivity contribution in [3.05, 3.63) is 25.3 Å². The molecule has 0 spiro atoms. The Hall–Kier alpha value is -0.600. The second kappa shape index (κ2) is 8.49. The van der Waals surface area contributed by atoms with Crippen LogP contribution in [-0.4, -0.2) is 24.4 Å². The highest BCUT2D eigenvalue weighted by Gasteiger charge is 2.21. The summed E-state index contributed by atoms with van der Waals surface area (Å²) in [6, 6.07) is 0. The van der Waals surface area contributed by atoms with Crippen molar-refractivity contribution in [1.29, 1.82) is 0 Å². The summed E-state index contributed by atoms with van der Waals surface area (Å²) in [5.41, 5.74) is -0.205. The number of allylic oxidation sites excluding steroid dienone is 1. The Morgan fingerprint density at radius 2 is 1.28 bits per heavy atom. The monoisotopic (exact) mass is 254 g/mol. The van der Waals surface area contributed by atoms with E-state index >= 15 is 0 Å². The van der Waals surface area contributed by atoms with Gasteiger partial charge in [-0.1, -0.05) is 12.2 Å². The van der Waals surface area contributed by atoms with Crippen molar-refractivity contribution in [3.63, 3.8) is 0 Å². The summed E-state index contributed by atoms with van der Waals surface area (Å²) in [5, 5.41) is 0. The molecular weight excluding hydrogens is 224 g/mol. The minimum Gasteiger partial charge on any atom is -0.375 e. The van der Waals surface area contributed by atoms with Gasteiger partial charge in [0.1, 0.15) is 0 Å². The molecule has 0 aromatic carbocycles. The van der Waals surface area contributed by atoms with Crippen molar-refractivity contribution in [2.75, 3.05) is 13.2 Å². The van der Waals surface area contributed by atoms with Crippen molar-refractivity contribution in [3.8, 4) is 0 Å². The van der Waals surface area contributed by atoms with Crippen molar-refractivity contribution >= 4 is 0 Å². The topological polar surface area (TPSA) is 18.5 Å². The van der Waals surface area contributed by atoms with Crippen molar-refractivity contribution < 1.29 is 9.47 Å². The number of hydrogen-bond acceptors (Lipinski definition) is 2.